The number of para-hydroxylation sites is 1. The van der Waals surface area contributed by atoms with Crippen molar-refractivity contribution < 1.29 is 13.9 Å². The molecule has 0 fully saturated rings. The van der Waals surface area contributed by atoms with Crippen molar-refractivity contribution in [3.05, 3.63) is 105 Å². The van der Waals surface area contributed by atoms with Crippen LogP contribution in [0, 0.1) is 0 Å². The molecule has 1 atom stereocenters. The molecule has 1 aromatic heterocycles. The number of ether oxygens (including phenoxy) is 1. The molecule has 5 nitrogen and oxygen atoms in total. The van der Waals surface area contributed by atoms with Crippen LogP contribution in [-0.4, -0.2) is 12.5 Å². The van der Waals surface area contributed by atoms with Crippen LogP contribution in [0.3, 0.4) is 0 Å². The Hall–Kier alpha value is -3.86. The van der Waals surface area contributed by atoms with E-state index in [1.165, 1.54) is 5.56 Å². The molecule has 0 spiro atoms. The zero-order chi connectivity index (χ0) is 22.2. The number of benzene rings is 3. The molecular formula is C27H23NO4. The van der Waals surface area contributed by atoms with Gasteiger partial charge in [-0.3, -0.25) is 14.5 Å². The average molecular weight is 425 g/mol. The first-order valence-electron chi connectivity index (χ1n) is 10.8. The van der Waals surface area contributed by atoms with Crippen molar-refractivity contribution in [1.82, 2.24) is 0 Å². The first-order chi connectivity index (χ1) is 15.6. The predicted octanol–water partition coefficient (Wildman–Crippen LogP) is 5.50. The van der Waals surface area contributed by atoms with Crippen molar-refractivity contribution in [1.29, 1.82) is 0 Å². The maximum atomic E-state index is 13.6. The van der Waals surface area contributed by atoms with E-state index < -0.39 is 6.04 Å². The van der Waals surface area contributed by atoms with Gasteiger partial charge in [0.05, 0.1) is 23.6 Å². The number of fused-ring (bicyclic) bond motifs is 2. The summed E-state index contributed by atoms with van der Waals surface area (Å²) >= 11 is 0. The summed E-state index contributed by atoms with van der Waals surface area (Å²) in [7, 11) is 0. The zero-order valence-electron chi connectivity index (χ0n) is 18.0. The summed E-state index contributed by atoms with van der Waals surface area (Å²) in [5, 5.41) is 0.475. The van der Waals surface area contributed by atoms with Crippen LogP contribution in [0.4, 0.5) is 5.69 Å². The lowest BCUT2D eigenvalue weighted by molar-refractivity contribution is 0.0971. The Morgan fingerprint density at radius 3 is 2.31 bits per heavy atom. The van der Waals surface area contributed by atoms with Gasteiger partial charge < -0.3 is 9.15 Å². The van der Waals surface area contributed by atoms with E-state index in [1.54, 1.807) is 29.2 Å². The zero-order valence-corrected chi connectivity index (χ0v) is 18.0. The molecule has 0 saturated heterocycles. The van der Waals surface area contributed by atoms with Crippen molar-refractivity contribution in [2.75, 3.05) is 11.5 Å². The Morgan fingerprint density at radius 1 is 0.906 bits per heavy atom. The fraction of sp³-hybridized carbons (Fsp3) is 0.185. The number of nitrogens with zero attached hydrogens (tertiary/aromatic N) is 1. The van der Waals surface area contributed by atoms with Crippen LogP contribution >= 0.6 is 0 Å². The van der Waals surface area contributed by atoms with E-state index in [2.05, 4.69) is 6.92 Å². The third-order valence-electron chi connectivity index (χ3n) is 5.91. The monoisotopic (exact) mass is 425 g/mol. The van der Waals surface area contributed by atoms with Gasteiger partial charge in [-0.05, 0) is 60.9 Å². The number of carbonyl (C=O) groups excluding carboxylic acids is 1. The molecule has 2 heterocycles. The molecule has 1 unspecified atom stereocenters. The Morgan fingerprint density at radius 2 is 1.62 bits per heavy atom. The van der Waals surface area contributed by atoms with E-state index in [0.29, 0.717) is 28.8 Å². The van der Waals surface area contributed by atoms with Gasteiger partial charge in [0.2, 0.25) is 5.76 Å². The molecular weight excluding hydrogens is 402 g/mol. The average Bonchev–Trinajstić information content (AvgIpc) is 3.12. The minimum atomic E-state index is -0.567. The number of rotatable bonds is 5. The Labute approximate surface area is 185 Å². The van der Waals surface area contributed by atoms with Crippen LogP contribution in [-0.2, 0) is 6.42 Å². The Kier molecular flexibility index (Phi) is 5.02. The van der Waals surface area contributed by atoms with Gasteiger partial charge in [0.1, 0.15) is 11.3 Å². The lowest BCUT2D eigenvalue weighted by Gasteiger charge is -2.25. The first kappa shape index (κ1) is 20.1. The van der Waals surface area contributed by atoms with E-state index >= 15 is 0 Å². The summed E-state index contributed by atoms with van der Waals surface area (Å²) in [5.74, 6) is 0.507. The second-order valence-electron chi connectivity index (χ2n) is 7.77. The molecule has 5 rings (SSSR count). The minimum Gasteiger partial charge on any atom is -0.494 e. The summed E-state index contributed by atoms with van der Waals surface area (Å²) in [6.07, 6.45) is 0.913. The van der Waals surface area contributed by atoms with Crippen molar-refractivity contribution in [2.45, 2.75) is 26.3 Å². The molecule has 0 saturated carbocycles. The fourth-order valence-corrected chi connectivity index (χ4v) is 4.31. The van der Waals surface area contributed by atoms with Crippen LogP contribution in [0.25, 0.3) is 11.0 Å². The van der Waals surface area contributed by atoms with Gasteiger partial charge in [0.15, 0.2) is 5.43 Å². The van der Waals surface area contributed by atoms with Gasteiger partial charge in [-0.25, -0.2) is 0 Å². The van der Waals surface area contributed by atoms with Gasteiger partial charge in [-0.15, -0.1) is 0 Å². The number of hydrogen-bond acceptors (Lipinski definition) is 4. The van der Waals surface area contributed by atoms with E-state index in [-0.39, 0.29) is 17.1 Å². The van der Waals surface area contributed by atoms with Gasteiger partial charge in [0, 0.05) is 5.69 Å². The third kappa shape index (κ3) is 3.17. The highest BCUT2D eigenvalue weighted by Gasteiger charge is 2.43. The molecule has 1 amide bonds. The Balaban J connectivity index is 1.72. The topological polar surface area (TPSA) is 59.8 Å². The normalized spacial score (nSPS) is 15.2. The largest absolute Gasteiger partial charge is 0.494 e. The summed E-state index contributed by atoms with van der Waals surface area (Å²) < 4.78 is 11.5. The lowest BCUT2D eigenvalue weighted by atomic mass is 9.97. The van der Waals surface area contributed by atoms with E-state index in [1.807, 2.05) is 55.5 Å². The molecule has 160 valence electrons. The highest BCUT2D eigenvalue weighted by molar-refractivity contribution is 6.10. The van der Waals surface area contributed by atoms with E-state index in [4.69, 9.17) is 9.15 Å². The molecule has 0 radical (unpaired) electrons. The molecule has 1 aliphatic rings. The third-order valence-corrected chi connectivity index (χ3v) is 5.91. The standard InChI is InChI=1S/C27H23NO4/c1-3-17-9-11-18(12-10-17)24-23-25(29)21-7-5-6-8-22(21)32-26(23)27(30)28(24)19-13-15-20(16-14-19)31-4-2/h5-16,24H,3-4H2,1-2H3. The van der Waals surface area contributed by atoms with Crippen molar-refractivity contribution in [2.24, 2.45) is 0 Å². The lowest BCUT2D eigenvalue weighted by Crippen LogP contribution is -2.29. The van der Waals surface area contributed by atoms with E-state index in [9.17, 15) is 9.59 Å². The molecule has 0 aliphatic carbocycles. The molecule has 5 heteroatoms. The quantitative estimate of drug-likeness (QED) is 0.423. The highest BCUT2D eigenvalue weighted by Crippen LogP contribution is 2.41. The molecule has 32 heavy (non-hydrogen) atoms. The number of amides is 1. The molecule has 1 aliphatic heterocycles. The highest BCUT2D eigenvalue weighted by atomic mass is 16.5. The van der Waals surface area contributed by atoms with Gasteiger partial charge >= 0.3 is 0 Å². The number of aryl methyl sites for hydroxylation is 1. The van der Waals surface area contributed by atoms with Crippen molar-refractivity contribution >= 4 is 22.6 Å². The van der Waals surface area contributed by atoms with E-state index in [0.717, 1.165) is 17.7 Å². The van der Waals surface area contributed by atoms with Gasteiger partial charge in [0.25, 0.3) is 5.91 Å². The first-order valence-corrected chi connectivity index (χ1v) is 10.8. The number of hydrogen-bond donors (Lipinski definition) is 0. The SMILES string of the molecule is CCOc1ccc(N2C(=O)c3oc4ccccc4c(=O)c3C2c2ccc(CC)cc2)cc1. The second-order valence-corrected chi connectivity index (χ2v) is 7.77. The summed E-state index contributed by atoms with van der Waals surface area (Å²) in [6, 6.07) is 21.9. The molecule has 4 aromatic rings. The Bertz CT molecular complexity index is 1350. The molecule has 3 aromatic carbocycles. The smallest absolute Gasteiger partial charge is 0.295 e. The van der Waals surface area contributed by atoms with Crippen LogP contribution in [0.5, 0.6) is 5.75 Å². The fourth-order valence-electron chi connectivity index (χ4n) is 4.31. The van der Waals surface area contributed by atoms with Crippen molar-refractivity contribution in [3.63, 3.8) is 0 Å². The van der Waals surface area contributed by atoms with Crippen LogP contribution in [0.1, 0.15) is 47.1 Å². The van der Waals surface area contributed by atoms with Crippen LogP contribution < -0.4 is 15.1 Å². The number of anilines is 1. The summed E-state index contributed by atoms with van der Waals surface area (Å²) in [6.45, 7) is 4.58. The summed E-state index contributed by atoms with van der Waals surface area (Å²) in [5.41, 5.74) is 3.36. The molecule has 0 N–H and O–H groups in total. The number of carbonyl (C=O) groups is 1. The van der Waals surface area contributed by atoms with Gasteiger partial charge in [-0.2, -0.15) is 0 Å². The van der Waals surface area contributed by atoms with Crippen molar-refractivity contribution in [3.8, 4) is 5.75 Å². The minimum absolute atomic E-state index is 0.104. The summed E-state index contributed by atoms with van der Waals surface area (Å²) in [4.78, 5) is 28.7. The van der Waals surface area contributed by atoms with Crippen LogP contribution in [0.15, 0.2) is 82.0 Å². The van der Waals surface area contributed by atoms with Crippen LogP contribution in [0.2, 0.25) is 0 Å². The second kappa shape index (κ2) is 8.00. The predicted molar refractivity (Wildman–Crippen MR) is 125 cm³/mol. The maximum Gasteiger partial charge on any atom is 0.295 e. The molecule has 0 bridgehead atoms. The maximum absolute atomic E-state index is 13.6. The van der Waals surface area contributed by atoms with Gasteiger partial charge in [-0.1, -0.05) is 43.3 Å².